The first-order valence-corrected chi connectivity index (χ1v) is 8.56. The van der Waals surface area contributed by atoms with E-state index >= 15 is 0 Å². The highest BCUT2D eigenvalue weighted by Gasteiger charge is 2.21. The van der Waals surface area contributed by atoms with Gasteiger partial charge in [0.25, 0.3) is 0 Å². The van der Waals surface area contributed by atoms with Gasteiger partial charge in [0.1, 0.15) is 0 Å². The standard InChI is InChI=1S/C10H14O10S2.2H3N/c1-3-17-7-5-10(20-22(14,15)16)8(18-4-2)6-9(7)19-21(11,12)13;;/h5-6H,3-4H2,1-2H3,(H,11,12,13)(H,14,15,16);2*1H3. The molecule has 1 aromatic rings. The maximum absolute atomic E-state index is 10.8. The SMILES string of the molecule is CCOc1cc(OS(=O)(=O)O)c(OCC)cc1OS(=O)(=O)O.N.N. The van der Waals surface area contributed by atoms with E-state index in [1.807, 2.05) is 0 Å². The molecule has 24 heavy (non-hydrogen) atoms. The monoisotopic (exact) mass is 392 g/mol. The van der Waals surface area contributed by atoms with Crippen LogP contribution in [-0.4, -0.2) is 39.2 Å². The zero-order valence-electron chi connectivity index (χ0n) is 13.0. The molecule has 0 heterocycles. The van der Waals surface area contributed by atoms with Crippen molar-refractivity contribution in [3.63, 3.8) is 0 Å². The zero-order valence-corrected chi connectivity index (χ0v) is 14.6. The lowest BCUT2D eigenvalue weighted by Gasteiger charge is -2.14. The molecular formula is C10H20N2O10S2. The van der Waals surface area contributed by atoms with Crippen molar-refractivity contribution in [2.75, 3.05) is 13.2 Å². The van der Waals surface area contributed by atoms with Crippen LogP contribution in [0.2, 0.25) is 0 Å². The second kappa shape index (κ2) is 9.45. The van der Waals surface area contributed by atoms with Crippen LogP contribution in [-0.2, 0) is 20.8 Å². The molecule has 0 amide bonds. The second-order valence-electron chi connectivity index (χ2n) is 3.63. The van der Waals surface area contributed by atoms with Gasteiger partial charge in [-0.05, 0) is 13.8 Å². The Morgan fingerprint density at radius 2 is 1.04 bits per heavy atom. The minimum Gasteiger partial charge on any atom is -0.490 e. The predicted molar refractivity (Wildman–Crippen MR) is 83.2 cm³/mol. The summed E-state index contributed by atoms with van der Waals surface area (Å²) in [7, 11) is -9.68. The lowest BCUT2D eigenvalue weighted by molar-refractivity contribution is 0.302. The third-order valence-electron chi connectivity index (χ3n) is 2.00. The first-order valence-electron chi connectivity index (χ1n) is 5.83. The van der Waals surface area contributed by atoms with E-state index in [1.54, 1.807) is 13.8 Å². The smallest absolute Gasteiger partial charge is 0.446 e. The molecule has 0 radical (unpaired) electrons. The zero-order chi connectivity index (χ0) is 17.0. The highest BCUT2D eigenvalue weighted by Crippen LogP contribution is 2.40. The average Bonchev–Trinajstić information content (AvgIpc) is 2.31. The van der Waals surface area contributed by atoms with Gasteiger partial charge in [0.15, 0.2) is 23.0 Å². The van der Waals surface area contributed by atoms with Gasteiger partial charge in [-0.15, -0.1) is 0 Å². The molecule has 0 aliphatic rings. The van der Waals surface area contributed by atoms with E-state index in [0.29, 0.717) is 0 Å². The van der Waals surface area contributed by atoms with E-state index in [0.717, 1.165) is 12.1 Å². The molecule has 0 aliphatic heterocycles. The molecule has 0 spiro atoms. The maximum Gasteiger partial charge on any atom is 0.446 e. The normalized spacial score (nSPS) is 10.8. The molecule has 142 valence electrons. The molecule has 0 fully saturated rings. The van der Waals surface area contributed by atoms with E-state index in [4.69, 9.17) is 18.6 Å². The Morgan fingerprint density at radius 3 is 1.25 bits per heavy atom. The summed E-state index contributed by atoms with van der Waals surface area (Å²) < 4.78 is 79.4. The second-order valence-corrected chi connectivity index (χ2v) is 5.68. The average molecular weight is 392 g/mol. The first kappa shape index (κ1) is 24.4. The van der Waals surface area contributed by atoms with Crippen molar-refractivity contribution in [1.29, 1.82) is 0 Å². The first-order chi connectivity index (χ1) is 10.1. The van der Waals surface area contributed by atoms with Gasteiger partial charge < -0.3 is 30.1 Å². The van der Waals surface area contributed by atoms with Gasteiger partial charge in [-0.2, -0.15) is 16.8 Å². The van der Waals surface area contributed by atoms with Crippen LogP contribution in [0.15, 0.2) is 12.1 Å². The minimum atomic E-state index is -4.84. The Labute approximate surface area is 139 Å². The van der Waals surface area contributed by atoms with Crippen LogP contribution < -0.4 is 30.1 Å². The van der Waals surface area contributed by atoms with Crippen molar-refractivity contribution in [3.05, 3.63) is 12.1 Å². The van der Waals surface area contributed by atoms with Gasteiger partial charge in [0.05, 0.1) is 13.2 Å². The third kappa shape index (κ3) is 8.14. The van der Waals surface area contributed by atoms with Crippen LogP contribution in [0, 0.1) is 0 Å². The van der Waals surface area contributed by atoms with Crippen molar-refractivity contribution in [3.8, 4) is 23.0 Å². The number of hydrogen-bond acceptors (Lipinski definition) is 10. The summed E-state index contributed by atoms with van der Waals surface area (Å²) in [5.41, 5.74) is 0. The van der Waals surface area contributed by atoms with Crippen LogP contribution in [0.1, 0.15) is 13.8 Å². The fourth-order valence-corrected chi connectivity index (χ4v) is 2.13. The number of rotatable bonds is 8. The number of ether oxygens (including phenoxy) is 2. The largest absolute Gasteiger partial charge is 0.490 e. The Kier molecular flexibility index (Phi) is 9.62. The fourth-order valence-electron chi connectivity index (χ4n) is 1.42. The molecule has 8 N–H and O–H groups in total. The van der Waals surface area contributed by atoms with Gasteiger partial charge in [0, 0.05) is 12.1 Å². The number of hydrogen-bond donors (Lipinski definition) is 4. The molecule has 0 aromatic heterocycles. The van der Waals surface area contributed by atoms with E-state index in [2.05, 4.69) is 8.37 Å². The number of benzene rings is 1. The van der Waals surface area contributed by atoms with Gasteiger partial charge in [0.2, 0.25) is 0 Å². The highest BCUT2D eigenvalue weighted by atomic mass is 32.3. The van der Waals surface area contributed by atoms with E-state index in [9.17, 15) is 16.8 Å². The summed E-state index contributed by atoms with van der Waals surface area (Å²) in [6, 6.07) is 1.87. The lowest BCUT2D eigenvalue weighted by atomic mass is 10.2. The van der Waals surface area contributed by atoms with Crippen LogP contribution in [0.3, 0.4) is 0 Å². The van der Waals surface area contributed by atoms with Crippen molar-refractivity contribution in [2.24, 2.45) is 0 Å². The van der Waals surface area contributed by atoms with E-state index < -0.39 is 32.3 Å². The molecule has 12 nitrogen and oxygen atoms in total. The van der Waals surface area contributed by atoms with Crippen molar-refractivity contribution in [2.45, 2.75) is 13.8 Å². The van der Waals surface area contributed by atoms with Crippen molar-refractivity contribution in [1.82, 2.24) is 12.3 Å². The van der Waals surface area contributed by atoms with Crippen LogP contribution in [0.4, 0.5) is 0 Å². The van der Waals surface area contributed by atoms with E-state index in [1.165, 1.54) is 0 Å². The summed E-state index contributed by atoms with van der Waals surface area (Å²) in [5.74, 6) is -1.39. The summed E-state index contributed by atoms with van der Waals surface area (Å²) in [5, 5.41) is 0. The molecule has 0 unspecified atom stereocenters. The van der Waals surface area contributed by atoms with Gasteiger partial charge >= 0.3 is 20.8 Å². The molecule has 1 aromatic carbocycles. The Morgan fingerprint density at radius 1 is 0.750 bits per heavy atom. The topological polar surface area (TPSA) is 216 Å². The molecule has 14 heteroatoms. The fraction of sp³-hybridized carbons (Fsp3) is 0.400. The third-order valence-corrected chi connectivity index (χ3v) is 2.78. The summed E-state index contributed by atoms with van der Waals surface area (Å²) in [6.45, 7) is 3.27. The molecular weight excluding hydrogens is 372 g/mol. The quantitative estimate of drug-likeness (QED) is 0.458. The van der Waals surface area contributed by atoms with E-state index in [-0.39, 0.29) is 37.0 Å². The maximum atomic E-state index is 10.8. The molecule has 0 bridgehead atoms. The molecule has 0 saturated heterocycles. The van der Waals surface area contributed by atoms with Gasteiger partial charge in [-0.1, -0.05) is 0 Å². The Bertz CT molecular complexity index is 669. The summed E-state index contributed by atoms with van der Waals surface area (Å²) >= 11 is 0. The van der Waals surface area contributed by atoms with Crippen molar-refractivity contribution >= 4 is 20.8 Å². The molecule has 1 rings (SSSR count). The minimum absolute atomic E-state index is 0. The molecule has 0 atom stereocenters. The Balaban J connectivity index is 0. The van der Waals surface area contributed by atoms with Crippen LogP contribution in [0.5, 0.6) is 23.0 Å². The van der Waals surface area contributed by atoms with Gasteiger partial charge in [-0.25, -0.2) is 0 Å². The summed E-state index contributed by atoms with van der Waals surface area (Å²) in [4.78, 5) is 0. The highest BCUT2D eigenvalue weighted by molar-refractivity contribution is 7.81. The lowest BCUT2D eigenvalue weighted by Crippen LogP contribution is -2.11. The van der Waals surface area contributed by atoms with Gasteiger partial charge in [-0.3, -0.25) is 9.11 Å². The molecule has 0 saturated carbocycles. The Hall–Kier alpha value is -1.84. The summed E-state index contributed by atoms with van der Waals surface area (Å²) in [6.07, 6.45) is 0. The predicted octanol–water partition coefficient (Wildman–Crippen LogP) is 1.17. The van der Waals surface area contributed by atoms with Crippen LogP contribution in [0.25, 0.3) is 0 Å². The van der Waals surface area contributed by atoms with Crippen LogP contribution >= 0.6 is 0 Å². The molecule has 0 aliphatic carbocycles. The van der Waals surface area contributed by atoms with Crippen molar-refractivity contribution < 1.29 is 43.8 Å².